The van der Waals surface area contributed by atoms with Gasteiger partial charge in [-0.05, 0) is 29.0 Å². The zero-order valence-corrected chi connectivity index (χ0v) is 11.6. The number of aromatic nitrogens is 4. The van der Waals surface area contributed by atoms with E-state index >= 15 is 0 Å². The minimum Gasteiger partial charge on any atom is -0.398 e. The van der Waals surface area contributed by atoms with Crippen molar-refractivity contribution >= 4 is 29.1 Å². The summed E-state index contributed by atoms with van der Waals surface area (Å²) >= 11 is 7.66. The number of nitrogens with two attached hydrogens (primary N) is 1. The van der Waals surface area contributed by atoms with Crippen molar-refractivity contribution < 1.29 is 0 Å². The van der Waals surface area contributed by atoms with E-state index < -0.39 is 0 Å². The fourth-order valence-corrected chi connectivity index (χ4v) is 2.79. The van der Waals surface area contributed by atoms with Gasteiger partial charge >= 0.3 is 0 Å². The molecule has 18 heavy (non-hydrogen) atoms. The topological polar surface area (TPSA) is 69.6 Å². The fraction of sp³-hybridized carbons (Fsp3) is 0.364. The van der Waals surface area contributed by atoms with Crippen molar-refractivity contribution in [3.63, 3.8) is 0 Å². The summed E-state index contributed by atoms with van der Waals surface area (Å²) in [5.41, 5.74) is 6.58. The zero-order valence-electron chi connectivity index (χ0n) is 10.0. The van der Waals surface area contributed by atoms with Crippen LogP contribution >= 0.6 is 23.4 Å². The molecule has 2 rings (SSSR count). The summed E-state index contributed by atoms with van der Waals surface area (Å²) in [6.07, 6.45) is 0.997. The number of hydrogen-bond donors (Lipinski definition) is 1. The molecule has 7 heteroatoms. The van der Waals surface area contributed by atoms with Crippen LogP contribution in [-0.4, -0.2) is 20.2 Å². The molecule has 1 aromatic heterocycles. The third-order valence-corrected chi connectivity index (χ3v) is 3.96. The van der Waals surface area contributed by atoms with Gasteiger partial charge in [-0.25, -0.2) is 4.68 Å². The number of aryl methyl sites for hydroxylation is 1. The van der Waals surface area contributed by atoms with Gasteiger partial charge in [-0.2, -0.15) is 0 Å². The lowest BCUT2D eigenvalue weighted by Gasteiger charge is -2.07. The summed E-state index contributed by atoms with van der Waals surface area (Å²) in [4.78, 5) is 0.880. The fourth-order valence-electron chi connectivity index (χ4n) is 1.53. The molecule has 0 aliphatic rings. The van der Waals surface area contributed by atoms with Crippen LogP contribution in [-0.2, 0) is 12.3 Å². The standard InChI is InChI=1S/C11H14ClN5S/c1-2-6-17-10(14-15-16-17)7-18-11-8(12)4-3-5-9(11)13/h3-5H,2,6-7,13H2,1H3. The molecule has 2 N–H and O–H groups in total. The van der Waals surface area contributed by atoms with E-state index in [-0.39, 0.29) is 0 Å². The van der Waals surface area contributed by atoms with E-state index in [1.165, 1.54) is 0 Å². The first-order valence-corrected chi connectivity index (χ1v) is 7.00. The molecule has 0 amide bonds. The minimum atomic E-state index is 0.654. The molecule has 0 fully saturated rings. The number of benzene rings is 1. The quantitative estimate of drug-likeness (QED) is 0.675. The maximum absolute atomic E-state index is 6.11. The van der Waals surface area contributed by atoms with Gasteiger partial charge < -0.3 is 5.73 Å². The number of anilines is 1. The average Bonchev–Trinajstić information content (AvgIpc) is 2.77. The molecule has 0 bridgehead atoms. The minimum absolute atomic E-state index is 0.654. The number of hydrogen-bond acceptors (Lipinski definition) is 5. The van der Waals surface area contributed by atoms with Gasteiger partial charge in [0.05, 0.1) is 10.8 Å². The van der Waals surface area contributed by atoms with Crippen LogP contribution in [0.3, 0.4) is 0 Å². The molecular formula is C11H14ClN5S. The molecule has 5 nitrogen and oxygen atoms in total. The molecule has 1 heterocycles. The highest BCUT2D eigenvalue weighted by Gasteiger charge is 2.09. The Morgan fingerprint density at radius 1 is 1.44 bits per heavy atom. The largest absolute Gasteiger partial charge is 0.398 e. The van der Waals surface area contributed by atoms with Crippen molar-refractivity contribution in [2.24, 2.45) is 0 Å². The molecule has 0 radical (unpaired) electrons. The van der Waals surface area contributed by atoms with Gasteiger partial charge in [-0.1, -0.05) is 24.6 Å². The Labute approximate surface area is 115 Å². The molecule has 2 aromatic rings. The Balaban J connectivity index is 2.09. The number of nitrogens with zero attached hydrogens (tertiary/aromatic N) is 4. The first kappa shape index (κ1) is 13.2. The maximum Gasteiger partial charge on any atom is 0.161 e. The molecule has 0 spiro atoms. The Bertz CT molecular complexity index is 508. The molecule has 0 aliphatic carbocycles. The highest BCUT2D eigenvalue weighted by molar-refractivity contribution is 7.98. The van der Waals surface area contributed by atoms with Gasteiger partial charge in [0.1, 0.15) is 0 Å². The monoisotopic (exact) mass is 283 g/mol. The van der Waals surface area contributed by atoms with Crippen molar-refractivity contribution in [1.29, 1.82) is 0 Å². The second-order valence-corrected chi connectivity index (χ2v) is 5.16. The summed E-state index contributed by atoms with van der Waals surface area (Å²) < 4.78 is 1.81. The average molecular weight is 284 g/mol. The number of rotatable bonds is 5. The Hall–Kier alpha value is -1.27. The van der Waals surface area contributed by atoms with Crippen molar-refractivity contribution in [3.05, 3.63) is 29.0 Å². The van der Waals surface area contributed by atoms with Crippen LogP contribution in [0.5, 0.6) is 0 Å². The van der Waals surface area contributed by atoms with E-state index in [0.717, 1.165) is 23.7 Å². The number of tetrazole rings is 1. The van der Waals surface area contributed by atoms with Gasteiger partial charge in [0.15, 0.2) is 5.82 Å². The van der Waals surface area contributed by atoms with Crippen LogP contribution in [0.25, 0.3) is 0 Å². The van der Waals surface area contributed by atoms with Gasteiger partial charge in [0.25, 0.3) is 0 Å². The van der Waals surface area contributed by atoms with Crippen LogP contribution in [0.15, 0.2) is 23.1 Å². The summed E-state index contributed by atoms with van der Waals surface area (Å²) in [6.45, 7) is 2.91. The highest BCUT2D eigenvalue weighted by atomic mass is 35.5. The van der Waals surface area contributed by atoms with Crippen LogP contribution in [0.2, 0.25) is 5.02 Å². The second kappa shape index (κ2) is 6.06. The molecule has 0 atom stereocenters. The van der Waals surface area contributed by atoms with E-state index in [1.54, 1.807) is 16.4 Å². The van der Waals surface area contributed by atoms with Crippen molar-refractivity contribution in [2.45, 2.75) is 30.5 Å². The summed E-state index contributed by atoms with van der Waals surface area (Å²) in [5.74, 6) is 1.49. The third kappa shape index (κ3) is 2.94. The number of halogens is 1. The lowest BCUT2D eigenvalue weighted by Crippen LogP contribution is -2.04. The molecule has 1 aromatic carbocycles. The summed E-state index contributed by atoms with van der Waals surface area (Å²) in [5, 5.41) is 12.3. The van der Waals surface area contributed by atoms with Gasteiger partial charge in [-0.15, -0.1) is 16.9 Å². The Kier molecular flexibility index (Phi) is 4.43. The van der Waals surface area contributed by atoms with Gasteiger partial charge in [0, 0.05) is 17.1 Å². The Morgan fingerprint density at radius 3 is 3.00 bits per heavy atom. The summed E-state index contributed by atoms with van der Waals surface area (Å²) in [7, 11) is 0. The molecule has 0 saturated carbocycles. The molecule has 0 saturated heterocycles. The lowest BCUT2D eigenvalue weighted by atomic mass is 10.3. The van der Waals surface area contributed by atoms with E-state index in [2.05, 4.69) is 22.4 Å². The predicted molar refractivity (Wildman–Crippen MR) is 73.5 cm³/mol. The first-order chi connectivity index (χ1) is 8.72. The van der Waals surface area contributed by atoms with Crippen molar-refractivity contribution in [2.75, 3.05) is 5.73 Å². The van der Waals surface area contributed by atoms with Gasteiger partial charge in [0.2, 0.25) is 0 Å². The molecule has 0 unspecified atom stereocenters. The maximum atomic E-state index is 6.11. The molecular weight excluding hydrogens is 270 g/mol. The zero-order chi connectivity index (χ0) is 13.0. The molecule has 0 aliphatic heterocycles. The molecule has 96 valence electrons. The van der Waals surface area contributed by atoms with Crippen LogP contribution in [0.1, 0.15) is 19.2 Å². The Morgan fingerprint density at radius 2 is 2.28 bits per heavy atom. The second-order valence-electron chi connectivity index (χ2n) is 3.77. The normalized spacial score (nSPS) is 10.8. The SMILES string of the molecule is CCCn1nnnc1CSc1c(N)cccc1Cl. The smallest absolute Gasteiger partial charge is 0.161 e. The third-order valence-electron chi connectivity index (χ3n) is 2.38. The first-order valence-electron chi connectivity index (χ1n) is 5.64. The van der Waals surface area contributed by atoms with E-state index in [1.807, 2.05) is 18.2 Å². The predicted octanol–water partition coefficient (Wildman–Crippen LogP) is 2.61. The van der Waals surface area contributed by atoms with Crippen molar-refractivity contribution in [1.82, 2.24) is 20.2 Å². The lowest BCUT2D eigenvalue weighted by molar-refractivity contribution is 0.564. The highest BCUT2D eigenvalue weighted by Crippen LogP contribution is 2.33. The van der Waals surface area contributed by atoms with Crippen LogP contribution < -0.4 is 5.73 Å². The van der Waals surface area contributed by atoms with Gasteiger partial charge in [-0.3, -0.25) is 0 Å². The van der Waals surface area contributed by atoms with E-state index in [0.29, 0.717) is 16.5 Å². The summed E-state index contributed by atoms with van der Waals surface area (Å²) in [6, 6.07) is 5.50. The number of nitrogen functional groups attached to an aromatic ring is 1. The van der Waals surface area contributed by atoms with E-state index in [9.17, 15) is 0 Å². The van der Waals surface area contributed by atoms with E-state index in [4.69, 9.17) is 17.3 Å². The number of thioether (sulfide) groups is 1. The van der Waals surface area contributed by atoms with Crippen LogP contribution in [0, 0.1) is 0 Å². The van der Waals surface area contributed by atoms with Crippen molar-refractivity contribution in [3.8, 4) is 0 Å². The van der Waals surface area contributed by atoms with Crippen LogP contribution in [0.4, 0.5) is 5.69 Å².